The second-order valence-electron chi connectivity index (χ2n) is 14.4. The maximum atomic E-state index is 14.3. The molecule has 45 heavy (non-hydrogen) atoms. The van der Waals surface area contributed by atoms with Gasteiger partial charge in [-0.3, -0.25) is 4.90 Å². The third kappa shape index (κ3) is 6.03. The summed E-state index contributed by atoms with van der Waals surface area (Å²) in [4.78, 5) is 46.0. The molecule has 0 radical (unpaired) electrons. The van der Waals surface area contributed by atoms with Crippen molar-refractivity contribution in [2.24, 2.45) is 5.92 Å². The SMILES string of the molecule is CC(C)(C)OC(=O)N1CCC(C(C)(C(=O)O)N(C(=O)OCC2c3ccccc3-c3ccccc32)C2CC(N3CCCC3)C2)CC1. The Morgan fingerprint density at radius 2 is 1.42 bits per heavy atom. The summed E-state index contributed by atoms with van der Waals surface area (Å²) >= 11 is 0. The summed E-state index contributed by atoms with van der Waals surface area (Å²) in [5.74, 6) is -1.49. The fourth-order valence-electron chi connectivity index (χ4n) is 7.98. The van der Waals surface area contributed by atoms with Gasteiger partial charge in [-0.2, -0.15) is 0 Å². The molecule has 2 aliphatic heterocycles. The molecular weight excluding hydrogens is 570 g/mol. The fraction of sp³-hybridized carbons (Fsp3) is 0.583. The van der Waals surface area contributed by atoms with E-state index in [1.54, 1.807) is 16.7 Å². The zero-order chi connectivity index (χ0) is 31.9. The van der Waals surface area contributed by atoms with Gasteiger partial charge in [0.25, 0.3) is 0 Å². The molecule has 3 fully saturated rings. The van der Waals surface area contributed by atoms with Gasteiger partial charge in [0.15, 0.2) is 0 Å². The minimum Gasteiger partial charge on any atom is -0.479 e. The molecule has 4 aliphatic rings. The second kappa shape index (κ2) is 12.3. The number of rotatable bonds is 7. The van der Waals surface area contributed by atoms with Crippen molar-refractivity contribution < 1.29 is 29.0 Å². The highest BCUT2D eigenvalue weighted by atomic mass is 16.6. The van der Waals surface area contributed by atoms with Gasteiger partial charge in [0.1, 0.15) is 17.7 Å². The Hall–Kier alpha value is -3.59. The Morgan fingerprint density at radius 1 is 0.867 bits per heavy atom. The van der Waals surface area contributed by atoms with Gasteiger partial charge in [0.05, 0.1) is 0 Å². The second-order valence-corrected chi connectivity index (χ2v) is 14.4. The fourth-order valence-corrected chi connectivity index (χ4v) is 7.98. The van der Waals surface area contributed by atoms with Gasteiger partial charge in [-0.05, 0) is 107 Å². The first kappa shape index (κ1) is 31.4. The van der Waals surface area contributed by atoms with E-state index in [9.17, 15) is 19.5 Å². The highest BCUT2D eigenvalue weighted by Crippen LogP contribution is 2.46. The number of hydrogen-bond acceptors (Lipinski definition) is 6. The number of piperidine rings is 1. The molecule has 2 heterocycles. The first-order valence-corrected chi connectivity index (χ1v) is 16.6. The van der Waals surface area contributed by atoms with E-state index in [0.29, 0.717) is 32.0 Å². The molecular formula is C36H47N3O6. The van der Waals surface area contributed by atoms with Crippen molar-refractivity contribution in [2.45, 2.75) is 95.4 Å². The monoisotopic (exact) mass is 617 g/mol. The number of fused-ring (bicyclic) bond motifs is 3. The van der Waals surface area contributed by atoms with Crippen LogP contribution in [0.2, 0.25) is 0 Å². The van der Waals surface area contributed by atoms with Crippen LogP contribution >= 0.6 is 0 Å². The average Bonchev–Trinajstić information content (AvgIpc) is 3.63. The Balaban J connectivity index is 1.22. The number of aliphatic carboxylic acids is 1. The summed E-state index contributed by atoms with van der Waals surface area (Å²) in [6, 6.07) is 16.5. The minimum atomic E-state index is -1.48. The molecule has 9 nitrogen and oxygen atoms in total. The lowest BCUT2D eigenvalue weighted by Gasteiger charge is -2.53. The molecule has 2 aliphatic carbocycles. The summed E-state index contributed by atoms with van der Waals surface area (Å²) < 4.78 is 11.7. The Kier molecular flexibility index (Phi) is 8.59. The highest BCUT2D eigenvalue weighted by molar-refractivity contribution is 5.85. The maximum Gasteiger partial charge on any atom is 0.411 e. The van der Waals surface area contributed by atoms with Gasteiger partial charge in [-0.1, -0.05) is 48.5 Å². The molecule has 2 saturated heterocycles. The van der Waals surface area contributed by atoms with Gasteiger partial charge in [-0.25, -0.2) is 14.4 Å². The molecule has 2 aromatic rings. The van der Waals surface area contributed by atoms with Crippen molar-refractivity contribution >= 4 is 18.2 Å². The number of carboxylic acids is 1. The number of ether oxygens (including phenoxy) is 2. The smallest absolute Gasteiger partial charge is 0.411 e. The van der Waals surface area contributed by atoms with Gasteiger partial charge in [0.2, 0.25) is 0 Å². The third-order valence-electron chi connectivity index (χ3n) is 10.5. The summed E-state index contributed by atoms with van der Waals surface area (Å²) in [5, 5.41) is 10.9. The number of hydrogen-bond donors (Lipinski definition) is 1. The van der Waals surface area contributed by atoms with Gasteiger partial charge < -0.3 is 24.4 Å². The summed E-state index contributed by atoms with van der Waals surface area (Å²) in [7, 11) is 0. The van der Waals surface area contributed by atoms with E-state index in [0.717, 1.165) is 48.2 Å². The van der Waals surface area contributed by atoms with Crippen molar-refractivity contribution in [3.05, 3.63) is 59.7 Å². The van der Waals surface area contributed by atoms with Crippen molar-refractivity contribution in [1.29, 1.82) is 0 Å². The van der Waals surface area contributed by atoms with Crippen LogP contribution in [-0.2, 0) is 14.3 Å². The lowest BCUT2D eigenvalue weighted by molar-refractivity contribution is -0.159. The largest absolute Gasteiger partial charge is 0.479 e. The van der Waals surface area contributed by atoms with Crippen molar-refractivity contribution in [3.63, 3.8) is 0 Å². The van der Waals surface area contributed by atoms with E-state index in [1.807, 2.05) is 45.0 Å². The van der Waals surface area contributed by atoms with E-state index in [-0.39, 0.29) is 30.6 Å². The highest BCUT2D eigenvalue weighted by Gasteiger charge is 2.55. The van der Waals surface area contributed by atoms with Gasteiger partial charge in [0, 0.05) is 31.1 Å². The van der Waals surface area contributed by atoms with Crippen LogP contribution in [0.1, 0.15) is 83.3 Å². The average molecular weight is 618 g/mol. The maximum absolute atomic E-state index is 14.3. The zero-order valence-electron chi connectivity index (χ0n) is 27.0. The van der Waals surface area contributed by atoms with Gasteiger partial charge in [-0.15, -0.1) is 0 Å². The van der Waals surface area contributed by atoms with Crippen LogP contribution in [0.15, 0.2) is 48.5 Å². The number of carbonyl (C=O) groups is 3. The van der Waals surface area contributed by atoms with E-state index in [4.69, 9.17) is 9.47 Å². The zero-order valence-corrected chi connectivity index (χ0v) is 27.0. The van der Waals surface area contributed by atoms with Crippen molar-refractivity contribution in [3.8, 4) is 11.1 Å². The number of nitrogens with zero attached hydrogens (tertiary/aromatic N) is 3. The molecule has 242 valence electrons. The standard InChI is InChI=1S/C36H47N3O6/c1-35(2,3)45-33(42)38-19-15-24(16-20-38)36(4,32(40)41)39(26-21-25(22-26)37-17-9-10-18-37)34(43)44-23-31-29-13-7-5-11-27(29)28-12-6-8-14-30(28)31/h5-8,11-14,24-26,31H,9-10,15-23H2,1-4H3,(H,40,41). The van der Waals surface area contributed by atoms with Crippen molar-refractivity contribution in [2.75, 3.05) is 32.8 Å². The molecule has 9 heteroatoms. The van der Waals surface area contributed by atoms with E-state index in [1.165, 1.54) is 12.8 Å². The third-order valence-corrected chi connectivity index (χ3v) is 10.5. The molecule has 6 rings (SSSR count). The normalized spacial score (nSPS) is 23.4. The Labute approximate surface area is 266 Å². The minimum absolute atomic E-state index is 0.116. The summed E-state index contributed by atoms with van der Waals surface area (Å²) in [5.41, 5.74) is 2.43. The molecule has 2 amide bonds. The number of benzene rings is 2. The lowest BCUT2D eigenvalue weighted by Crippen LogP contribution is -2.68. The number of carbonyl (C=O) groups excluding carboxylic acids is 2. The van der Waals surface area contributed by atoms with E-state index >= 15 is 0 Å². The first-order chi connectivity index (χ1) is 21.5. The molecule has 1 saturated carbocycles. The molecule has 1 unspecified atom stereocenters. The Bertz CT molecular complexity index is 1370. The van der Waals surface area contributed by atoms with Crippen LogP contribution in [0, 0.1) is 5.92 Å². The summed E-state index contributed by atoms with van der Waals surface area (Å²) in [6.07, 6.45) is 3.79. The van der Waals surface area contributed by atoms with Crippen molar-refractivity contribution in [1.82, 2.24) is 14.7 Å². The van der Waals surface area contributed by atoms with E-state index < -0.39 is 23.2 Å². The number of likely N-dealkylation sites (tertiary alicyclic amines) is 2. The number of amides is 2. The van der Waals surface area contributed by atoms with Crippen LogP contribution in [-0.4, -0.2) is 94.0 Å². The van der Waals surface area contributed by atoms with Crippen LogP contribution in [0.5, 0.6) is 0 Å². The van der Waals surface area contributed by atoms with Crippen LogP contribution in [0.3, 0.4) is 0 Å². The molecule has 2 aromatic carbocycles. The Morgan fingerprint density at radius 3 is 1.96 bits per heavy atom. The van der Waals surface area contributed by atoms with Gasteiger partial charge >= 0.3 is 18.2 Å². The van der Waals surface area contributed by atoms with Crippen LogP contribution < -0.4 is 0 Å². The molecule has 0 bridgehead atoms. The topological polar surface area (TPSA) is 99.6 Å². The predicted molar refractivity (Wildman–Crippen MR) is 171 cm³/mol. The predicted octanol–water partition coefficient (Wildman–Crippen LogP) is 6.35. The lowest BCUT2D eigenvalue weighted by atomic mass is 9.74. The van der Waals surface area contributed by atoms with E-state index in [2.05, 4.69) is 29.2 Å². The summed E-state index contributed by atoms with van der Waals surface area (Å²) in [6.45, 7) is 10.2. The molecule has 0 spiro atoms. The quantitative estimate of drug-likeness (QED) is 0.386. The molecule has 1 N–H and O–H groups in total. The van der Waals surface area contributed by atoms with Crippen LogP contribution in [0.25, 0.3) is 11.1 Å². The molecule has 0 aromatic heterocycles. The number of carboxylic acid groups (broad SMARTS) is 1. The van der Waals surface area contributed by atoms with Crippen LogP contribution in [0.4, 0.5) is 9.59 Å². The molecule has 1 atom stereocenters. The first-order valence-electron chi connectivity index (χ1n) is 16.6.